The van der Waals surface area contributed by atoms with Gasteiger partial charge in [0, 0.05) is 23.2 Å². The zero-order valence-electron chi connectivity index (χ0n) is 11.7. The summed E-state index contributed by atoms with van der Waals surface area (Å²) >= 11 is 6.26. The Bertz CT molecular complexity index is 446. The van der Waals surface area contributed by atoms with Crippen LogP contribution in [0.5, 0.6) is 0 Å². The molecular formula is C14H22ClN3O. The lowest BCUT2D eigenvalue weighted by Gasteiger charge is -2.26. The van der Waals surface area contributed by atoms with Gasteiger partial charge in [0.1, 0.15) is 0 Å². The molecule has 0 unspecified atom stereocenters. The first-order valence-electron chi connectivity index (χ1n) is 6.50. The molecule has 0 amide bonds. The quantitative estimate of drug-likeness (QED) is 0.365. The van der Waals surface area contributed by atoms with E-state index < -0.39 is 0 Å². The first-order valence-corrected chi connectivity index (χ1v) is 6.87. The van der Waals surface area contributed by atoms with Crippen molar-refractivity contribution in [3.8, 4) is 0 Å². The van der Waals surface area contributed by atoms with E-state index in [2.05, 4.69) is 30.8 Å². The average Bonchev–Trinajstić information content (AvgIpc) is 2.39. The molecule has 19 heavy (non-hydrogen) atoms. The molecule has 3 N–H and O–H groups in total. The second-order valence-corrected chi connectivity index (χ2v) is 5.26. The Kier molecular flexibility index (Phi) is 6.12. The van der Waals surface area contributed by atoms with Crippen molar-refractivity contribution in [2.75, 3.05) is 6.54 Å². The maximum Gasteiger partial charge on any atom is 0.170 e. The molecule has 106 valence electrons. The van der Waals surface area contributed by atoms with Gasteiger partial charge in [0.2, 0.25) is 0 Å². The van der Waals surface area contributed by atoms with Gasteiger partial charge >= 0.3 is 0 Å². The van der Waals surface area contributed by atoms with Crippen LogP contribution in [0, 0.1) is 0 Å². The van der Waals surface area contributed by atoms with E-state index in [1.165, 1.54) is 0 Å². The van der Waals surface area contributed by atoms with Crippen molar-refractivity contribution in [2.24, 2.45) is 10.9 Å². The highest BCUT2D eigenvalue weighted by atomic mass is 35.5. The summed E-state index contributed by atoms with van der Waals surface area (Å²) in [6.45, 7) is 8.36. The first-order chi connectivity index (χ1) is 8.99. The number of hydrogen-bond acceptors (Lipinski definition) is 3. The standard InChI is InChI=1S/C14H22ClN3O/c1-4-7-18(10(2)3)9-12-6-5-11(8-13(12)15)14(16)17-19/h5-6,8,10,19H,4,7,9H2,1-3H3,(H2,16,17). The molecule has 0 heterocycles. The smallest absolute Gasteiger partial charge is 0.170 e. The summed E-state index contributed by atoms with van der Waals surface area (Å²) < 4.78 is 0. The number of oxime groups is 1. The van der Waals surface area contributed by atoms with Gasteiger partial charge in [-0.2, -0.15) is 0 Å². The van der Waals surface area contributed by atoms with Crippen LogP contribution in [-0.4, -0.2) is 28.5 Å². The minimum Gasteiger partial charge on any atom is -0.409 e. The fourth-order valence-corrected chi connectivity index (χ4v) is 2.16. The Morgan fingerprint density at radius 3 is 2.63 bits per heavy atom. The van der Waals surface area contributed by atoms with Crippen molar-refractivity contribution in [3.63, 3.8) is 0 Å². The molecule has 0 bridgehead atoms. The lowest BCUT2D eigenvalue weighted by atomic mass is 10.1. The molecule has 1 aromatic rings. The Morgan fingerprint density at radius 1 is 1.47 bits per heavy atom. The minimum atomic E-state index is 0.0720. The molecule has 0 spiro atoms. The molecule has 0 fully saturated rings. The second kappa shape index (κ2) is 7.36. The molecule has 0 saturated carbocycles. The molecule has 0 aliphatic carbocycles. The highest BCUT2D eigenvalue weighted by Crippen LogP contribution is 2.20. The number of nitrogens with two attached hydrogens (primary N) is 1. The normalized spacial score (nSPS) is 12.4. The zero-order chi connectivity index (χ0) is 14.4. The van der Waals surface area contributed by atoms with Gasteiger partial charge in [0.25, 0.3) is 0 Å². The predicted molar refractivity (Wildman–Crippen MR) is 79.8 cm³/mol. The monoisotopic (exact) mass is 283 g/mol. The molecule has 0 saturated heterocycles. The number of nitrogens with zero attached hydrogens (tertiary/aromatic N) is 2. The molecule has 0 atom stereocenters. The molecule has 0 aliphatic heterocycles. The molecular weight excluding hydrogens is 262 g/mol. The largest absolute Gasteiger partial charge is 0.409 e. The molecule has 5 heteroatoms. The molecule has 0 aromatic heterocycles. The summed E-state index contributed by atoms with van der Waals surface area (Å²) in [4.78, 5) is 2.37. The lowest BCUT2D eigenvalue weighted by Crippen LogP contribution is -2.31. The maximum atomic E-state index is 8.65. The van der Waals surface area contributed by atoms with Crippen LogP contribution in [0.25, 0.3) is 0 Å². The fourth-order valence-electron chi connectivity index (χ4n) is 1.92. The van der Waals surface area contributed by atoms with Crippen molar-refractivity contribution in [2.45, 2.75) is 39.8 Å². The van der Waals surface area contributed by atoms with Gasteiger partial charge in [-0.05, 0) is 38.4 Å². The third kappa shape index (κ3) is 4.40. The molecule has 1 rings (SSSR count). The molecule has 4 nitrogen and oxygen atoms in total. The SMILES string of the molecule is CCCN(Cc1ccc(/C(N)=N/O)cc1Cl)C(C)C. The van der Waals surface area contributed by atoms with Crippen LogP contribution in [0.1, 0.15) is 38.3 Å². The van der Waals surface area contributed by atoms with E-state index in [4.69, 9.17) is 22.5 Å². The average molecular weight is 284 g/mol. The van der Waals surface area contributed by atoms with Gasteiger partial charge in [0.05, 0.1) is 0 Å². The van der Waals surface area contributed by atoms with Crippen molar-refractivity contribution in [3.05, 3.63) is 34.3 Å². The van der Waals surface area contributed by atoms with Crippen LogP contribution in [-0.2, 0) is 6.54 Å². The van der Waals surface area contributed by atoms with Crippen molar-refractivity contribution in [1.29, 1.82) is 0 Å². The van der Waals surface area contributed by atoms with E-state index in [1.54, 1.807) is 6.07 Å². The van der Waals surface area contributed by atoms with Crippen LogP contribution in [0.4, 0.5) is 0 Å². The van der Waals surface area contributed by atoms with Gasteiger partial charge in [-0.25, -0.2) is 0 Å². The van der Waals surface area contributed by atoms with E-state index >= 15 is 0 Å². The Morgan fingerprint density at radius 2 is 2.16 bits per heavy atom. The van der Waals surface area contributed by atoms with Gasteiger partial charge in [-0.15, -0.1) is 0 Å². The third-order valence-electron chi connectivity index (χ3n) is 3.07. The highest BCUT2D eigenvalue weighted by Gasteiger charge is 2.12. The van der Waals surface area contributed by atoms with E-state index in [9.17, 15) is 0 Å². The van der Waals surface area contributed by atoms with Gasteiger partial charge < -0.3 is 10.9 Å². The van der Waals surface area contributed by atoms with Gasteiger partial charge in [-0.3, -0.25) is 4.90 Å². The number of rotatable bonds is 6. The Balaban J connectivity index is 2.90. The molecule has 1 aromatic carbocycles. The van der Waals surface area contributed by atoms with E-state index in [0.29, 0.717) is 16.6 Å². The van der Waals surface area contributed by atoms with Crippen LogP contribution in [0.3, 0.4) is 0 Å². The summed E-state index contributed by atoms with van der Waals surface area (Å²) in [5.41, 5.74) is 7.22. The minimum absolute atomic E-state index is 0.0720. The summed E-state index contributed by atoms with van der Waals surface area (Å²) in [5.74, 6) is 0.0720. The van der Waals surface area contributed by atoms with Crippen LogP contribution in [0.15, 0.2) is 23.4 Å². The summed E-state index contributed by atoms with van der Waals surface area (Å²) in [6, 6.07) is 5.96. The summed E-state index contributed by atoms with van der Waals surface area (Å²) in [7, 11) is 0. The Hall–Kier alpha value is -1.26. The van der Waals surface area contributed by atoms with Crippen LogP contribution in [0.2, 0.25) is 5.02 Å². The predicted octanol–water partition coefficient (Wildman–Crippen LogP) is 3.05. The Labute approximate surface area is 119 Å². The van der Waals surface area contributed by atoms with E-state index in [1.807, 2.05) is 12.1 Å². The summed E-state index contributed by atoms with van der Waals surface area (Å²) in [6.07, 6.45) is 1.11. The number of halogens is 1. The third-order valence-corrected chi connectivity index (χ3v) is 3.42. The van der Waals surface area contributed by atoms with Crippen LogP contribution < -0.4 is 5.73 Å². The van der Waals surface area contributed by atoms with Gasteiger partial charge in [-0.1, -0.05) is 35.8 Å². The molecule has 0 aliphatic rings. The second-order valence-electron chi connectivity index (χ2n) is 4.86. The number of hydrogen-bond donors (Lipinski definition) is 2. The summed E-state index contributed by atoms with van der Waals surface area (Å²) in [5, 5.41) is 12.3. The topological polar surface area (TPSA) is 61.8 Å². The number of amidine groups is 1. The number of benzene rings is 1. The molecule has 0 radical (unpaired) electrons. The van der Waals surface area contributed by atoms with Crippen molar-refractivity contribution in [1.82, 2.24) is 4.90 Å². The van der Waals surface area contributed by atoms with Crippen molar-refractivity contribution >= 4 is 17.4 Å². The highest BCUT2D eigenvalue weighted by molar-refractivity contribution is 6.31. The zero-order valence-corrected chi connectivity index (χ0v) is 12.5. The van der Waals surface area contributed by atoms with E-state index in [-0.39, 0.29) is 5.84 Å². The first kappa shape index (κ1) is 15.8. The van der Waals surface area contributed by atoms with Crippen molar-refractivity contribution < 1.29 is 5.21 Å². The van der Waals surface area contributed by atoms with Crippen LogP contribution >= 0.6 is 11.6 Å². The van der Waals surface area contributed by atoms with Gasteiger partial charge in [0.15, 0.2) is 5.84 Å². The fraction of sp³-hybridized carbons (Fsp3) is 0.500. The lowest BCUT2D eigenvalue weighted by molar-refractivity contribution is 0.213. The maximum absolute atomic E-state index is 8.65. The van der Waals surface area contributed by atoms with E-state index in [0.717, 1.165) is 25.1 Å².